The smallest absolute Gasteiger partial charge is 0.0672 e. The maximum Gasteiger partial charge on any atom is 0.0672 e. The van der Waals surface area contributed by atoms with Crippen LogP contribution in [0.15, 0.2) is 0 Å². The van der Waals surface area contributed by atoms with Gasteiger partial charge in [0, 0.05) is 17.3 Å². The maximum absolute atomic E-state index is 9.26. The molecule has 4 unspecified atom stereocenters. The van der Waals surface area contributed by atoms with Gasteiger partial charge in [0.1, 0.15) is 0 Å². The summed E-state index contributed by atoms with van der Waals surface area (Å²) in [6.45, 7) is 0. The van der Waals surface area contributed by atoms with Crippen molar-refractivity contribution in [2.75, 3.05) is 6.26 Å². The Balaban J connectivity index is 1.86. The van der Waals surface area contributed by atoms with Crippen LogP contribution in [-0.2, 0) is 0 Å². The molecule has 2 rings (SSSR count). The molecule has 2 aliphatic rings. The fourth-order valence-corrected chi connectivity index (χ4v) is 4.07. The summed E-state index contributed by atoms with van der Waals surface area (Å²) in [6.07, 6.45) is 12.3. The predicted molar refractivity (Wildman–Crippen MR) is 74.1 cm³/mol. The van der Waals surface area contributed by atoms with Gasteiger partial charge in [0.15, 0.2) is 0 Å². The highest BCUT2D eigenvalue weighted by molar-refractivity contribution is 7.99. The van der Waals surface area contributed by atoms with E-state index in [1.807, 2.05) is 11.8 Å². The average molecular weight is 252 g/mol. The number of nitriles is 1. The van der Waals surface area contributed by atoms with Crippen LogP contribution in [0.4, 0.5) is 0 Å². The summed E-state index contributed by atoms with van der Waals surface area (Å²) < 4.78 is 0. The van der Waals surface area contributed by atoms with Crippen molar-refractivity contribution >= 4 is 11.8 Å². The van der Waals surface area contributed by atoms with Gasteiger partial charge in [-0.1, -0.05) is 19.3 Å². The predicted octanol–water partition coefficient (Wildman–Crippen LogP) is 3.33. The molecule has 0 aromatic carbocycles. The quantitative estimate of drug-likeness (QED) is 0.783. The first-order valence-electron chi connectivity index (χ1n) is 7.02. The van der Waals surface area contributed by atoms with Crippen molar-refractivity contribution in [3.8, 4) is 6.07 Å². The van der Waals surface area contributed by atoms with Crippen molar-refractivity contribution in [3.63, 3.8) is 0 Å². The van der Waals surface area contributed by atoms with Crippen LogP contribution in [-0.4, -0.2) is 23.6 Å². The number of rotatable bonds is 3. The second kappa shape index (κ2) is 6.66. The molecular formula is C14H24N2S. The van der Waals surface area contributed by atoms with Crippen molar-refractivity contribution in [2.45, 2.75) is 68.7 Å². The number of nitrogens with one attached hydrogen (secondary N) is 1. The number of hydrogen-bond donors (Lipinski definition) is 1. The van der Waals surface area contributed by atoms with Crippen LogP contribution in [0.3, 0.4) is 0 Å². The van der Waals surface area contributed by atoms with E-state index < -0.39 is 0 Å². The van der Waals surface area contributed by atoms with E-state index in [0.717, 1.165) is 11.7 Å². The van der Waals surface area contributed by atoms with E-state index in [2.05, 4.69) is 17.6 Å². The molecule has 96 valence electrons. The fourth-order valence-electron chi connectivity index (χ4n) is 3.27. The first-order chi connectivity index (χ1) is 8.33. The zero-order valence-corrected chi connectivity index (χ0v) is 11.6. The summed E-state index contributed by atoms with van der Waals surface area (Å²) in [5.41, 5.74) is 0. The second-order valence-corrected chi connectivity index (χ2v) is 6.65. The molecule has 0 amide bonds. The molecule has 0 radical (unpaired) electrons. The molecule has 17 heavy (non-hydrogen) atoms. The van der Waals surface area contributed by atoms with Gasteiger partial charge in [-0.25, -0.2) is 0 Å². The van der Waals surface area contributed by atoms with Crippen molar-refractivity contribution in [3.05, 3.63) is 0 Å². The van der Waals surface area contributed by atoms with Crippen molar-refractivity contribution in [2.24, 2.45) is 5.92 Å². The Kier molecular flexibility index (Phi) is 5.18. The summed E-state index contributed by atoms with van der Waals surface area (Å²) in [7, 11) is 0. The molecule has 0 heterocycles. The molecule has 0 bridgehead atoms. The van der Waals surface area contributed by atoms with E-state index >= 15 is 0 Å². The lowest BCUT2D eigenvalue weighted by molar-refractivity contribution is 0.349. The molecule has 3 heteroatoms. The third-order valence-corrected chi connectivity index (χ3v) is 5.44. The highest BCUT2D eigenvalue weighted by atomic mass is 32.2. The van der Waals surface area contributed by atoms with Gasteiger partial charge >= 0.3 is 0 Å². The second-order valence-electron chi connectivity index (χ2n) is 5.51. The van der Waals surface area contributed by atoms with E-state index in [9.17, 15) is 5.26 Å². The van der Waals surface area contributed by atoms with Gasteiger partial charge in [-0.15, -0.1) is 0 Å². The highest BCUT2D eigenvalue weighted by Gasteiger charge is 2.29. The molecule has 0 saturated heterocycles. The monoisotopic (exact) mass is 252 g/mol. The zero-order valence-electron chi connectivity index (χ0n) is 10.8. The van der Waals surface area contributed by atoms with Gasteiger partial charge < -0.3 is 5.32 Å². The molecule has 2 nitrogen and oxygen atoms in total. The largest absolute Gasteiger partial charge is 0.310 e. The van der Waals surface area contributed by atoms with Gasteiger partial charge in [-0.2, -0.15) is 17.0 Å². The number of nitrogens with zero attached hydrogens (tertiary/aromatic N) is 1. The SMILES string of the molecule is CSC1CCC(NC2CCCCCC2C#N)C1. The topological polar surface area (TPSA) is 35.8 Å². The molecule has 2 aliphatic carbocycles. The minimum Gasteiger partial charge on any atom is -0.310 e. The molecule has 2 saturated carbocycles. The van der Waals surface area contributed by atoms with Gasteiger partial charge in [-0.05, 0) is 38.4 Å². The van der Waals surface area contributed by atoms with E-state index in [1.165, 1.54) is 44.9 Å². The number of thioether (sulfide) groups is 1. The van der Waals surface area contributed by atoms with E-state index in [-0.39, 0.29) is 5.92 Å². The van der Waals surface area contributed by atoms with E-state index in [0.29, 0.717) is 12.1 Å². The molecule has 1 N–H and O–H groups in total. The normalized spacial score (nSPS) is 38.6. The van der Waals surface area contributed by atoms with Crippen molar-refractivity contribution in [1.82, 2.24) is 5.32 Å². The van der Waals surface area contributed by atoms with Gasteiger partial charge in [-0.3, -0.25) is 0 Å². The zero-order chi connectivity index (χ0) is 12.1. The average Bonchev–Trinajstić information content (AvgIpc) is 2.68. The van der Waals surface area contributed by atoms with Crippen LogP contribution in [0.5, 0.6) is 0 Å². The molecule has 4 atom stereocenters. The Morgan fingerprint density at radius 1 is 1.12 bits per heavy atom. The Labute approximate surface area is 110 Å². The molecule has 0 aliphatic heterocycles. The van der Waals surface area contributed by atoms with Crippen LogP contribution in [0, 0.1) is 17.2 Å². The van der Waals surface area contributed by atoms with Crippen LogP contribution in [0.2, 0.25) is 0 Å². The lowest BCUT2D eigenvalue weighted by Gasteiger charge is -2.25. The Morgan fingerprint density at radius 3 is 2.65 bits per heavy atom. The minimum absolute atomic E-state index is 0.255. The third kappa shape index (κ3) is 3.63. The first kappa shape index (κ1) is 13.2. The Hall–Kier alpha value is -0.200. The summed E-state index contributed by atoms with van der Waals surface area (Å²) in [5, 5.41) is 13.9. The Bertz CT molecular complexity index is 274. The summed E-state index contributed by atoms with van der Waals surface area (Å²) >= 11 is 2.00. The van der Waals surface area contributed by atoms with Crippen molar-refractivity contribution < 1.29 is 0 Å². The molecule has 0 aromatic heterocycles. The molecule has 0 aromatic rings. The summed E-state index contributed by atoms with van der Waals surface area (Å²) in [6, 6.07) is 3.66. The molecule has 0 spiro atoms. The highest BCUT2D eigenvalue weighted by Crippen LogP contribution is 2.30. The Morgan fingerprint density at radius 2 is 1.94 bits per heavy atom. The van der Waals surface area contributed by atoms with Gasteiger partial charge in [0.2, 0.25) is 0 Å². The van der Waals surface area contributed by atoms with Crippen LogP contribution in [0.1, 0.15) is 51.4 Å². The molecule has 2 fully saturated rings. The van der Waals surface area contributed by atoms with Crippen LogP contribution < -0.4 is 5.32 Å². The maximum atomic E-state index is 9.26. The van der Waals surface area contributed by atoms with E-state index in [4.69, 9.17) is 0 Å². The summed E-state index contributed by atoms with van der Waals surface area (Å²) in [4.78, 5) is 0. The standard InChI is InChI=1S/C14H24N2S/c1-17-13-8-7-12(9-13)16-14-6-4-2-3-5-11(14)10-15/h11-14,16H,2-9H2,1H3. The molecular weight excluding hydrogens is 228 g/mol. The summed E-state index contributed by atoms with van der Waals surface area (Å²) in [5.74, 6) is 0.255. The van der Waals surface area contributed by atoms with Crippen molar-refractivity contribution in [1.29, 1.82) is 5.26 Å². The minimum atomic E-state index is 0.255. The first-order valence-corrected chi connectivity index (χ1v) is 8.30. The lowest BCUT2D eigenvalue weighted by atomic mass is 9.95. The van der Waals surface area contributed by atoms with E-state index in [1.54, 1.807) is 0 Å². The third-order valence-electron chi connectivity index (χ3n) is 4.35. The lowest BCUT2D eigenvalue weighted by Crippen LogP contribution is -2.41. The fraction of sp³-hybridized carbons (Fsp3) is 0.929. The number of hydrogen-bond acceptors (Lipinski definition) is 3. The van der Waals surface area contributed by atoms with Gasteiger partial charge in [0.25, 0.3) is 0 Å². The van der Waals surface area contributed by atoms with Crippen LogP contribution >= 0.6 is 11.8 Å². The van der Waals surface area contributed by atoms with Gasteiger partial charge in [0.05, 0.1) is 12.0 Å². The van der Waals surface area contributed by atoms with Crippen LogP contribution in [0.25, 0.3) is 0 Å².